The molecule has 2 rings (SSSR count). The molecule has 25 heavy (non-hydrogen) atoms. The number of nitrogens with zero attached hydrogens (tertiary/aromatic N) is 1. The second kappa shape index (κ2) is 8.54. The Bertz CT molecular complexity index is 856. The van der Waals surface area contributed by atoms with Crippen molar-refractivity contribution in [1.82, 2.24) is 10.3 Å². The number of rotatable bonds is 5. The average Bonchev–Trinajstić information content (AvgIpc) is 2.61. The van der Waals surface area contributed by atoms with E-state index in [1.165, 1.54) is 0 Å². The quantitative estimate of drug-likeness (QED) is 0.537. The van der Waals surface area contributed by atoms with Crippen LogP contribution in [-0.2, 0) is 0 Å². The molecular formula is C16H11Cl4N3O2. The summed E-state index contributed by atoms with van der Waals surface area (Å²) in [7, 11) is 0. The fraction of sp³-hybridized carbons (Fsp3) is 0.0625. The van der Waals surface area contributed by atoms with E-state index in [0.29, 0.717) is 0 Å². The molecule has 0 bridgehead atoms. The number of para-hydroxylation sites is 1. The SMILES string of the molecule is C=CCNC(=O)c1ccccc1NC(=O)c1nc(Cl)c(Cl)c(Cl)c1Cl. The second-order valence-corrected chi connectivity index (χ2v) is 6.18. The number of carbonyl (C=O) groups excluding carboxylic acids is 2. The van der Waals surface area contributed by atoms with Gasteiger partial charge in [-0.3, -0.25) is 9.59 Å². The molecule has 0 aliphatic carbocycles. The van der Waals surface area contributed by atoms with Crippen LogP contribution in [0.1, 0.15) is 20.8 Å². The van der Waals surface area contributed by atoms with Gasteiger partial charge in [-0.05, 0) is 12.1 Å². The average molecular weight is 419 g/mol. The van der Waals surface area contributed by atoms with Crippen molar-refractivity contribution >= 4 is 63.9 Å². The van der Waals surface area contributed by atoms with Crippen LogP contribution >= 0.6 is 46.4 Å². The van der Waals surface area contributed by atoms with E-state index < -0.39 is 5.91 Å². The van der Waals surface area contributed by atoms with Gasteiger partial charge in [0.25, 0.3) is 11.8 Å². The molecule has 0 saturated heterocycles. The van der Waals surface area contributed by atoms with Crippen LogP contribution in [0.4, 0.5) is 5.69 Å². The van der Waals surface area contributed by atoms with Gasteiger partial charge >= 0.3 is 0 Å². The minimum atomic E-state index is -0.686. The van der Waals surface area contributed by atoms with E-state index in [0.717, 1.165) is 0 Å². The molecule has 0 unspecified atom stereocenters. The minimum Gasteiger partial charge on any atom is -0.349 e. The minimum absolute atomic E-state index is 0.0471. The summed E-state index contributed by atoms with van der Waals surface area (Å²) in [5.41, 5.74) is 0.330. The highest BCUT2D eigenvalue weighted by atomic mass is 35.5. The van der Waals surface area contributed by atoms with Crippen LogP contribution < -0.4 is 10.6 Å². The van der Waals surface area contributed by atoms with Gasteiger partial charge in [-0.25, -0.2) is 4.98 Å². The van der Waals surface area contributed by atoms with Gasteiger partial charge in [0, 0.05) is 6.54 Å². The predicted octanol–water partition coefficient (Wildman–Crippen LogP) is 4.86. The van der Waals surface area contributed by atoms with Gasteiger partial charge in [0.05, 0.1) is 26.3 Å². The Hall–Kier alpha value is -1.79. The highest BCUT2D eigenvalue weighted by molar-refractivity contribution is 6.52. The molecule has 0 aliphatic rings. The Morgan fingerprint density at radius 2 is 1.72 bits per heavy atom. The molecule has 5 nitrogen and oxygen atoms in total. The number of hydrogen-bond acceptors (Lipinski definition) is 3. The summed E-state index contributed by atoms with van der Waals surface area (Å²) in [6.07, 6.45) is 1.54. The third kappa shape index (κ3) is 4.44. The lowest BCUT2D eigenvalue weighted by Crippen LogP contribution is -2.25. The summed E-state index contributed by atoms with van der Waals surface area (Å²) in [5, 5.41) is 4.78. The molecule has 2 aromatic rings. The molecule has 0 aliphatic heterocycles. The Morgan fingerprint density at radius 3 is 2.40 bits per heavy atom. The smallest absolute Gasteiger partial charge is 0.275 e. The molecule has 0 saturated carbocycles. The van der Waals surface area contributed by atoms with Crippen molar-refractivity contribution in [2.45, 2.75) is 0 Å². The zero-order valence-electron chi connectivity index (χ0n) is 12.6. The van der Waals surface area contributed by atoms with Crippen molar-refractivity contribution in [3.63, 3.8) is 0 Å². The number of nitrogens with one attached hydrogen (secondary N) is 2. The molecule has 130 valence electrons. The van der Waals surface area contributed by atoms with E-state index in [9.17, 15) is 9.59 Å². The largest absolute Gasteiger partial charge is 0.349 e. The van der Waals surface area contributed by atoms with Crippen LogP contribution in [0.3, 0.4) is 0 Å². The molecular weight excluding hydrogens is 408 g/mol. The van der Waals surface area contributed by atoms with Crippen LogP contribution in [0.2, 0.25) is 20.2 Å². The van der Waals surface area contributed by atoms with E-state index in [-0.39, 0.29) is 49.6 Å². The topological polar surface area (TPSA) is 71.1 Å². The van der Waals surface area contributed by atoms with Gasteiger partial charge in [0.1, 0.15) is 10.8 Å². The Kier molecular flexibility index (Phi) is 6.67. The molecule has 9 heteroatoms. The van der Waals surface area contributed by atoms with Gasteiger partial charge in [0.15, 0.2) is 0 Å². The van der Waals surface area contributed by atoms with Crippen molar-refractivity contribution in [1.29, 1.82) is 0 Å². The number of halogens is 4. The molecule has 0 atom stereocenters. The van der Waals surface area contributed by atoms with E-state index in [1.54, 1.807) is 30.3 Å². The number of pyridine rings is 1. The van der Waals surface area contributed by atoms with Gasteiger partial charge in [-0.1, -0.05) is 64.6 Å². The number of anilines is 1. The molecule has 0 fully saturated rings. The van der Waals surface area contributed by atoms with Crippen LogP contribution in [0, 0.1) is 0 Å². The first-order valence-electron chi connectivity index (χ1n) is 6.86. The molecule has 2 amide bonds. The van der Waals surface area contributed by atoms with Crippen LogP contribution in [0.5, 0.6) is 0 Å². The summed E-state index contributed by atoms with van der Waals surface area (Å²) >= 11 is 23.6. The zero-order chi connectivity index (χ0) is 18.6. The van der Waals surface area contributed by atoms with Gasteiger partial charge < -0.3 is 10.6 Å². The number of benzene rings is 1. The predicted molar refractivity (Wildman–Crippen MR) is 101 cm³/mol. The lowest BCUT2D eigenvalue weighted by Gasteiger charge is -2.12. The van der Waals surface area contributed by atoms with Gasteiger partial charge in [-0.2, -0.15) is 0 Å². The first-order valence-corrected chi connectivity index (χ1v) is 8.37. The van der Waals surface area contributed by atoms with Crippen molar-refractivity contribution in [3.8, 4) is 0 Å². The molecule has 1 aromatic carbocycles. The molecule has 0 radical (unpaired) electrons. The van der Waals surface area contributed by atoms with Crippen molar-refractivity contribution < 1.29 is 9.59 Å². The second-order valence-electron chi connectivity index (χ2n) is 4.69. The lowest BCUT2D eigenvalue weighted by atomic mass is 10.1. The van der Waals surface area contributed by atoms with E-state index >= 15 is 0 Å². The van der Waals surface area contributed by atoms with Crippen LogP contribution in [0.15, 0.2) is 36.9 Å². The standard InChI is InChI=1S/C16H11Cl4N3O2/c1-2-7-21-15(24)8-5-3-4-6-9(8)22-16(25)13-11(18)10(17)12(19)14(20)23-13/h2-6H,1,7H2,(H,21,24)(H,22,25). The molecule has 2 N–H and O–H groups in total. The number of amides is 2. The molecule has 1 aromatic heterocycles. The Balaban J connectivity index is 2.34. The number of carbonyl (C=O) groups is 2. The summed E-state index contributed by atoms with van der Waals surface area (Å²) in [6, 6.07) is 6.45. The fourth-order valence-electron chi connectivity index (χ4n) is 1.87. The third-order valence-electron chi connectivity index (χ3n) is 3.03. The van der Waals surface area contributed by atoms with E-state index in [1.807, 2.05) is 0 Å². The van der Waals surface area contributed by atoms with Crippen molar-refractivity contribution in [3.05, 3.63) is 68.4 Å². The first kappa shape index (κ1) is 19.5. The van der Waals surface area contributed by atoms with E-state index in [4.69, 9.17) is 46.4 Å². The fourth-order valence-corrected chi connectivity index (χ4v) is 2.68. The Labute approximate surface area is 163 Å². The lowest BCUT2D eigenvalue weighted by molar-refractivity contribution is 0.0959. The van der Waals surface area contributed by atoms with Crippen LogP contribution in [-0.4, -0.2) is 23.3 Å². The summed E-state index contributed by atoms with van der Waals surface area (Å²) in [4.78, 5) is 28.5. The number of hydrogen-bond donors (Lipinski definition) is 2. The maximum absolute atomic E-state index is 12.5. The van der Waals surface area contributed by atoms with Crippen molar-refractivity contribution in [2.75, 3.05) is 11.9 Å². The highest BCUT2D eigenvalue weighted by Crippen LogP contribution is 2.36. The summed E-state index contributed by atoms with van der Waals surface area (Å²) < 4.78 is 0. The highest BCUT2D eigenvalue weighted by Gasteiger charge is 2.21. The van der Waals surface area contributed by atoms with Gasteiger partial charge in [0.2, 0.25) is 0 Å². The summed E-state index contributed by atoms with van der Waals surface area (Å²) in [5.74, 6) is -1.06. The maximum atomic E-state index is 12.5. The molecule has 0 spiro atoms. The maximum Gasteiger partial charge on any atom is 0.275 e. The van der Waals surface area contributed by atoms with Gasteiger partial charge in [-0.15, -0.1) is 6.58 Å². The van der Waals surface area contributed by atoms with Crippen LogP contribution in [0.25, 0.3) is 0 Å². The first-order chi connectivity index (χ1) is 11.9. The summed E-state index contributed by atoms with van der Waals surface area (Å²) in [6.45, 7) is 3.82. The monoisotopic (exact) mass is 417 g/mol. The van der Waals surface area contributed by atoms with E-state index in [2.05, 4.69) is 22.2 Å². The zero-order valence-corrected chi connectivity index (χ0v) is 15.6. The third-order valence-corrected chi connectivity index (χ3v) is 4.70. The molecule has 1 heterocycles. The Morgan fingerprint density at radius 1 is 1.04 bits per heavy atom. The number of aromatic nitrogens is 1. The normalized spacial score (nSPS) is 10.2. The van der Waals surface area contributed by atoms with Crippen molar-refractivity contribution in [2.24, 2.45) is 0 Å².